The van der Waals surface area contributed by atoms with Crippen molar-refractivity contribution in [3.05, 3.63) is 53.9 Å². The number of anilines is 1. The highest BCUT2D eigenvalue weighted by atomic mass is 19.1. The zero-order valence-electron chi connectivity index (χ0n) is 17.2. The van der Waals surface area contributed by atoms with Crippen LogP contribution in [-0.4, -0.2) is 55.3 Å². The molecule has 3 aromatic rings. The molecule has 0 radical (unpaired) electrons. The second-order valence-electron chi connectivity index (χ2n) is 8.51. The molecular weight excluding hydrogens is 413 g/mol. The minimum absolute atomic E-state index is 0.0111. The Labute approximate surface area is 183 Å². The second kappa shape index (κ2) is 6.97. The van der Waals surface area contributed by atoms with Gasteiger partial charge >= 0.3 is 0 Å². The van der Waals surface area contributed by atoms with Gasteiger partial charge in [-0.2, -0.15) is 14.9 Å². The Morgan fingerprint density at radius 2 is 2.06 bits per heavy atom. The van der Waals surface area contributed by atoms with Crippen molar-refractivity contribution in [2.24, 2.45) is 0 Å². The summed E-state index contributed by atoms with van der Waals surface area (Å²) in [5.41, 5.74) is 0.701. The van der Waals surface area contributed by atoms with Crippen LogP contribution >= 0.6 is 0 Å². The SMILES string of the molecule is N#Cc1cncc([C@@H]2CC[C@H]3OC4(CCN(c5ccnc6c(F)cnn56)CC4)C(=O)N32)c1. The van der Waals surface area contributed by atoms with Crippen LogP contribution < -0.4 is 4.90 Å². The van der Waals surface area contributed by atoms with Crippen LogP contribution in [0.5, 0.6) is 0 Å². The topological polar surface area (TPSA) is 99.6 Å². The predicted octanol–water partition coefficient (Wildman–Crippen LogP) is 2.19. The molecule has 3 aliphatic rings. The van der Waals surface area contributed by atoms with E-state index in [9.17, 15) is 14.4 Å². The third kappa shape index (κ3) is 2.71. The van der Waals surface area contributed by atoms with Gasteiger partial charge in [-0.05, 0) is 30.5 Å². The first-order valence-corrected chi connectivity index (χ1v) is 10.7. The largest absolute Gasteiger partial charge is 0.356 e. The number of carbonyl (C=O) groups is 1. The first-order valence-electron chi connectivity index (χ1n) is 10.7. The Bertz CT molecular complexity index is 1260. The van der Waals surface area contributed by atoms with E-state index in [4.69, 9.17) is 4.74 Å². The van der Waals surface area contributed by atoms with Crippen molar-refractivity contribution in [1.29, 1.82) is 5.26 Å². The predicted molar refractivity (Wildman–Crippen MR) is 110 cm³/mol. The van der Waals surface area contributed by atoms with Crippen molar-refractivity contribution in [2.45, 2.75) is 43.6 Å². The molecule has 0 aromatic carbocycles. The first kappa shape index (κ1) is 19.1. The number of pyridine rings is 1. The number of carbonyl (C=O) groups excluding carboxylic acids is 1. The lowest BCUT2D eigenvalue weighted by Crippen LogP contribution is -2.50. The second-order valence-corrected chi connectivity index (χ2v) is 8.51. The molecule has 162 valence electrons. The molecule has 0 saturated carbocycles. The van der Waals surface area contributed by atoms with Gasteiger partial charge < -0.3 is 14.5 Å². The van der Waals surface area contributed by atoms with E-state index in [1.807, 2.05) is 4.90 Å². The number of nitrogens with zero attached hydrogens (tertiary/aromatic N) is 7. The van der Waals surface area contributed by atoms with Crippen molar-refractivity contribution in [1.82, 2.24) is 24.5 Å². The molecule has 2 atom stereocenters. The molecule has 32 heavy (non-hydrogen) atoms. The molecule has 0 N–H and O–H groups in total. The maximum absolute atomic E-state index is 13.9. The monoisotopic (exact) mass is 433 g/mol. The van der Waals surface area contributed by atoms with E-state index in [-0.39, 0.29) is 23.8 Å². The molecule has 1 amide bonds. The number of aromatic nitrogens is 4. The summed E-state index contributed by atoms with van der Waals surface area (Å²) >= 11 is 0. The Hall–Kier alpha value is -3.58. The number of amides is 1. The minimum Gasteiger partial charge on any atom is -0.356 e. The van der Waals surface area contributed by atoms with Gasteiger partial charge in [0.1, 0.15) is 18.1 Å². The van der Waals surface area contributed by atoms with E-state index >= 15 is 0 Å². The van der Waals surface area contributed by atoms with Gasteiger partial charge in [-0.15, -0.1) is 0 Å². The first-order chi connectivity index (χ1) is 15.6. The highest BCUT2D eigenvalue weighted by Crippen LogP contribution is 2.47. The summed E-state index contributed by atoms with van der Waals surface area (Å²) in [5.74, 6) is 0.297. The summed E-state index contributed by atoms with van der Waals surface area (Å²) in [7, 11) is 0. The molecule has 3 saturated heterocycles. The number of rotatable bonds is 2. The number of fused-ring (bicyclic) bond motifs is 2. The molecule has 0 aliphatic carbocycles. The number of piperidine rings is 1. The van der Waals surface area contributed by atoms with Crippen LogP contribution in [0.2, 0.25) is 0 Å². The van der Waals surface area contributed by atoms with Gasteiger partial charge in [-0.1, -0.05) is 0 Å². The Morgan fingerprint density at radius 3 is 2.88 bits per heavy atom. The Balaban J connectivity index is 1.23. The van der Waals surface area contributed by atoms with Crippen LogP contribution in [0, 0.1) is 17.1 Å². The number of hydrogen-bond donors (Lipinski definition) is 0. The van der Waals surface area contributed by atoms with E-state index < -0.39 is 11.4 Å². The van der Waals surface area contributed by atoms with Crippen molar-refractivity contribution in [3.63, 3.8) is 0 Å². The third-order valence-corrected chi connectivity index (χ3v) is 6.83. The smallest absolute Gasteiger partial charge is 0.257 e. The molecule has 3 fully saturated rings. The number of hydrogen-bond acceptors (Lipinski definition) is 7. The zero-order valence-corrected chi connectivity index (χ0v) is 17.2. The molecule has 1 spiro atoms. The van der Waals surface area contributed by atoms with E-state index in [2.05, 4.69) is 26.0 Å². The van der Waals surface area contributed by atoms with Crippen molar-refractivity contribution < 1.29 is 13.9 Å². The van der Waals surface area contributed by atoms with Crippen LogP contribution in [-0.2, 0) is 9.53 Å². The molecule has 3 aliphatic heterocycles. The molecule has 9 nitrogen and oxygen atoms in total. The van der Waals surface area contributed by atoms with Crippen LogP contribution in [0.4, 0.5) is 10.2 Å². The molecule has 10 heteroatoms. The van der Waals surface area contributed by atoms with Gasteiger partial charge in [0.05, 0.1) is 17.8 Å². The van der Waals surface area contributed by atoms with Gasteiger partial charge in [0.15, 0.2) is 17.1 Å². The van der Waals surface area contributed by atoms with Gasteiger partial charge in [0.2, 0.25) is 0 Å². The molecule has 6 rings (SSSR count). The maximum atomic E-state index is 13.9. The van der Waals surface area contributed by atoms with E-state index in [0.717, 1.165) is 30.4 Å². The van der Waals surface area contributed by atoms with Crippen molar-refractivity contribution in [2.75, 3.05) is 18.0 Å². The van der Waals surface area contributed by atoms with E-state index in [1.165, 1.54) is 10.7 Å². The number of halogens is 1. The van der Waals surface area contributed by atoms with Crippen molar-refractivity contribution in [3.8, 4) is 6.07 Å². The number of ether oxygens (including phenoxy) is 1. The van der Waals surface area contributed by atoms with Crippen molar-refractivity contribution >= 4 is 17.4 Å². The maximum Gasteiger partial charge on any atom is 0.257 e. The molecule has 0 bridgehead atoms. The van der Waals surface area contributed by atoms with E-state index in [0.29, 0.717) is 31.5 Å². The average Bonchev–Trinajstić information content (AvgIpc) is 3.49. The molecule has 6 heterocycles. The quantitative estimate of drug-likeness (QED) is 0.611. The lowest BCUT2D eigenvalue weighted by atomic mass is 9.89. The molecule has 3 aromatic heterocycles. The van der Waals surface area contributed by atoms with Crippen LogP contribution in [0.15, 0.2) is 36.9 Å². The van der Waals surface area contributed by atoms with Gasteiger partial charge in [0, 0.05) is 44.5 Å². The van der Waals surface area contributed by atoms with Gasteiger partial charge in [-0.3, -0.25) is 9.78 Å². The summed E-state index contributed by atoms with van der Waals surface area (Å²) in [6.45, 7) is 1.17. The highest BCUT2D eigenvalue weighted by molar-refractivity contribution is 5.88. The standard InChI is InChI=1S/C22H20FN7O2/c23-16-13-27-30-18(3-6-26-20(16)30)28-7-4-22(5-8-28)21(31)29-17(1-2-19(29)32-22)15-9-14(10-24)11-25-12-15/h3,6,9,11-13,17,19H,1-2,4-5,7-8H2/t17-,19+/m0/s1. The fraction of sp³-hybridized carbons (Fsp3) is 0.409. The summed E-state index contributed by atoms with van der Waals surface area (Å²) in [4.78, 5) is 25.7. The number of nitriles is 1. The lowest BCUT2D eigenvalue weighted by molar-refractivity contribution is -0.140. The summed E-state index contributed by atoms with van der Waals surface area (Å²) in [6, 6.07) is 5.60. The normalized spacial score (nSPS) is 24.3. The third-order valence-electron chi connectivity index (χ3n) is 6.83. The van der Waals surface area contributed by atoms with Gasteiger partial charge in [-0.25, -0.2) is 9.37 Å². The summed E-state index contributed by atoms with van der Waals surface area (Å²) in [6.07, 6.45) is 8.35. The summed E-state index contributed by atoms with van der Waals surface area (Å²) < 4.78 is 21.8. The summed E-state index contributed by atoms with van der Waals surface area (Å²) in [5, 5.41) is 13.3. The minimum atomic E-state index is -0.846. The zero-order chi connectivity index (χ0) is 21.9. The van der Waals surface area contributed by atoms with Gasteiger partial charge in [0.25, 0.3) is 5.91 Å². The lowest BCUT2D eigenvalue weighted by Gasteiger charge is -2.38. The van der Waals surface area contributed by atoms with E-state index in [1.54, 1.807) is 24.5 Å². The average molecular weight is 433 g/mol. The Morgan fingerprint density at radius 1 is 1.22 bits per heavy atom. The Kier molecular flexibility index (Phi) is 4.16. The fourth-order valence-corrected chi connectivity index (χ4v) is 5.26. The van der Waals surface area contributed by atoms with Crippen LogP contribution in [0.3, 0.4) is 0 Å². The van der Waals surface area contributed by atoms with Crippen LogP contribution in [0.25, 0.3) is 5.65 Å². The highest BCUT2D eigenvalue weighted by Gasteiger charge is 2.58. The molecule has 0 unspecified atom stereocenters. The fourth-order valence-electron chi connectivity index (χ4n) is 5.26. The van der Waals surface area contributed by atoms with Crippen LogP contribution in [0.1, 0.15) is 42.9 Å². The molecular formula is C22H20FN7O2.